The molecule has 5 nitrogen and oxygen atoms in total. The Labute approximate surface area is 114 Å². The van der Waals surface area contributed by atoms with Crippen molar-refractivity contribution in [1.82, 2.24) is 0 Å². The molecule has 19 heavy (non-hydrogen) atoms. The van der Waals surface area contributed by atoms with E-state index in [1.807, 2.05) is 38.1 Å². The molecule has 0 heterocycles. The van der Waals surface area contributed by atoms with Crippen molar-refractivity contribution >= 4 is 11.6 Å². The summed E-state index contributed by atoms with van der Waals surface area (Å²) in [5, 5.41) is 3.11. The average molecular weight is 266 g/mol. The van der Waals surface area contributed by atoms with E-state index in [0.29, 0.717) is 6.42 Å². The third kappa shape index (κ3) is 4.79. The Bertz CT molecular complexity index is 415. The fraction of sp³-hybridized carbons (Fsp3) is 0.500. The second-order valence-electron chi connectivity index (χ2n) is 5.00. The summed E-state index contributed by atoms with van der Waals surface area (Å²) in [5.41, 5.74) is 5.82. The Morgan fingerprint density at radius 3 is 2.32 bits per heavy atom. The monoisotopic (exact) mass is 266 g/mol. The molecule has 1 atom stereocenters. The number of nitrogens with two attached hydrogens (primary N) is 1. The quantitative estimate of drug-likeness (QED) is 0.789. The highest BCUT2D eigenvalue weighted by molar-refractivity contribution is 5.83. The van der Waals surface area contributed by atoms with E-state index in [1.54, 1.807) is 14.2 Å². The van der Waals surface area contributed by atoms with Crippen molar-refractivity contribution in [3.63, 3.8) is 0 Å². The first-order valence-corrected chi connectivity index (χ1v) is 6.13. The lowest BCUT2D eigenvalue weighted by molar-refractivity contribution is -0.120. The Morgan fingerprint density at radius 1 is 1.32 bits per heavy atom. The summed E-state index contributed by atoms with van der Waals surface area (Å²) >= 11 is 0. The summed E-state index contributed by atoms with van der Waals surface area (Å²) in [7, 11) is 3.22. The number of benzene rings is 1. The van der Waals surface area contributed by atoms with Crippen molar-refractivity contribution in [2.45, 2.75) is 31.9 Å². The zero-order valence-electron chi connectivity index (χ0n) is 11.9. The molecule has 0 saturated heterocycles. The van der Waals surface area contributed by atoms with Crippen LogP contribution in [0.4, 0.5) is 5.69 Å². The number of nitrogens with one attached hydrogen (secondary N) is 1. The Morgan fingerprint density at radius 2 is 1.89 bits per heavy atom. The van der Waals surface area contributed by atoms with Crippen LogP contribution in [0.25, 0.3) is 0 Å². The largest absolute Gasteiger partial charge is 0.497 e. The summed E-state index contributed by atoms with van der Waals surface area (Å²) in [4.78, 5) is 11.5. The predicted octanol–water partition coefficient (Wildman–Crippen LogP) is 1.78. The second kappa shape index (κ2) is 6.43. The molecule has 0 aliphatic rings. The minimum absolute atomic E-state index is 0.402. The zero-order valence-corrected chi connectivity index (χ0v) is 11.9. The van der Waals surface area contributed by atoms with E-state index in [9.17, 15) is 4.79 Å². The van der Waals surface area contributed by atoms with Gasteiger partial charge in [-0.05, 0) is 38.1 Å². The lowest BCUT2D eigenvalue weighted by Crippen LogP contribution is -2.41. The Kier molecular flexibility index (Phi) is 5.18. The fourth-order valence-electron chi connectivity index (χ4n) is 1.69. The molecule has 5 heteroatoms. The van der Waals surface area contributed by atoms with Gasteiger partial charge >= 0.3 is 0 Å². The number of anilines is 1. The number of carbonyl (C=O) groups excluding carboxylic acids is 1. The van der Waals surface area contributed by atoms with Gasteiger partial charge in [0, 0.05) is 19.2 Å². The molecule has 0 saturated carbocycles. The van der Waals surface area contributed by atoms with E-state index in [0.717, 1.165) is 11.4 Å². The first-order valence-electron chi connectivity index (χ1n) is 6.13. The number of carbonyl (C=O) groups is 1. The normalized spacial score (nSPS) is 12.8. The maximum Gasteiger partial charge on any atom is 0.240 e. The minimum Gasteiger partial charge on any atom is -0.497 e. The van der Waals surface area contributed by atoms with Gasteiger partial charge in [0.1, 0.15) is 11.8 Å². The maximum absolute atomic E-state index is 11.5. The molecule has 1 aromatic carbocycles. The van der Waals surface area contributed by atoms with Crippen LogP contribution in [0.2, 0.25) is 0 Å². The Balaban J connectivity index is 2.75. The smallest absolute Gasteiger partial charge is 0.240 e. The van der Waals surface area contributed by atoms with Gasteiger partial charge in [0.15, 0.2) is 0 Å². The SMILES string of the molecule is COc1ccc(NC(CC(C)(C)OC)C(N)=O)cc1. The molecule has 1 rings (SSSR count). The van der Waals surface area contributed by atoms with E-state index >= 15 is 0 Å². The lowest BCUT2D eigenvalue weighted by atomic mass is 9.98. The summed E-state index contributed by atoms with van der Waals surface area (Å²) in [6.07, 6.45) is 0.491. The van der Waals surface area contributed by atoms with Gasteiger partial charge in [0.05, 0.1) is 12.7 Å². The number of primary amides is 1. The molecule has 0 aromatic heterocycles. The maximum atomic E-state index is 11.5. The first-order chi connectivity index (χ1) is 8.88. The van der Waals surface area contributed by atoms with E-state index in [-0.39, 0.29) is 0 Å². The standard InChI is InChI=1S/C14H22N2O3/c1-14(2,19-4)9-12(13(15)17)16-10-5-7-11(18-3)8-6-10/h5-8,12,16H,9H2,1-4H3,(H2,15,17). The average Bonchev–Trinajstić information content (AvgIpc) is 2.38. The molecule has 0 aliphatic heterocycles. The van der Waals surface area contributed by atoms with E-state index in [4.69, 9.17) is 15.2 Å². The molecular formula is C14H22N2O3. The number of methoxy groups -OCH3 is 2. The predicted molar refractivity (Wildman–Crippen MR) is 75.3 cm³/mol. The highest BCUT2D eigenvalue weighted by atomic mass is 16.5. The van der Waals surface area contributed by atoms with Crippen LogP contribution in [-0.4, -0.2) is 31.8 Å². The highest BCUT2D eigenvalue weighted by Crippen LogP contribution is 2.20. The second-order valence-corrected chi connectivity index (χ2v) is 5.00. The van der Waals surface area contributed by atoms with Gasteiger partial charge in [-0.15, -0.1) is 0 Å². The summed E-state index contributed by atoms with van der Waals surface area (Å²) < 4.78 is 10.4. The van der Waals surface area contributed by atoms with Crippen LogP contribution in [0.15, 0.2) is 24.3 Å². The van der Waals surface area contributed by atoms with E-state index in [2.05, 4.69) is 5.32 Å². The van der Waals surface area contributed by atoms with Crippen LogP contribution < -0.4 is 15.8 Å². The molecule has 0 spiro atoms. The molecule has 0 aliphatic carbocycles. The zero-order chi connectivity index (χ0) is 14.5. The molecule has 1 amide bonds. The fourth-order valence-corrected chi connectivity index (χ4v) is 1.69. The van der Waals surface area contributed by atoms with Crippen LogP contribution in [0.1, 0.15) is 20.3 Å². The molecule has 106 valence electrons. The number of ether oxygens (including phenoxy) is 2. The first kappa shape index (κ1) is 15.3. The molecule has 3 N–H and O–H groups in total. The van der Waals surface area contributed by atoms with Gasteiger partial charge < -0.3 is 20.5 Å². The van der Waals surface area contributed by atoms with Crippen molar-refractivity contribution < 1.29 is 14.3 Å². The highest BCUT2D eigenvalue weighted by Gasteiger charge is 2.26. The van der Waals surface area contributed by atoms with Gasteiger partial charge in [0.25, 0.3) is 0 Å². The molecule has 1 aromatic rings. The third-order valence-electron chi connectivity index (χ3n) is 3.02. The van der Waals surface area contributed by atoms with Crippen LogP contribution in [0, 0.1) is 0 Å². The molecule has 0 bridgehead atoms. The molecule has 0 radical (unpaired) electrons. The third-order valence-corrected chi connectivity index (χ3v) is 3.02. The van der Waals surface area contributed by atoms with Gasteiger partial charge in [-0.1, -0.05) is 0 Å². The van der Waals surface area contributed by atoms with E-state index < -0.39 is 17.6 Å². The van der Waals surface area contributed by atoms with Crippen molar-refractivity contribution in [3.8, 4) is 5.75 Å². The molecule has 1 unspecified atom stereocenters. The van der Waals surface area contributed by atoms with Crippen LogP contribution >= 0.6 is 0 Å². The van der Waals surface area contributed by atoms with Crippen molar-refractivity contribution in [1.29, 1.82) is 0 Å². The van der Waals surface area contributed by atoms with Gasteiger partial charge in [-0.2, -0.15) is 0 Å². The van der Waals surface area contributed by atoms with Crippen LogP contribution in [-0.2, 0) is 9.53 Å². The Hall–Kier alpha value is -1.75. The van der Waals surface area contributed by atoms with Crippen molar-refractivity contribution in [2.75, 3.05) is 19.5 Å². The summed E-state index contributed by atoms with van der Waals surface area (Å²) in [6, 6.07) is 6.84. The summed E-state index contributed by atoms with van der Waals surface area (Å²) in [5.74, 6) is 0.360. The molecule has 0 fully saturated rings. The van der Waals surface area contributed by atoms with Crippen molar-refractivity contribution in [3.05, 3.63) is 24.3 Å². The van der Waals surface area contributed by atoms with Gasteiger partial charge in [-0.25, -0.2) is 0 Å². The molecular weight excluding hydrogens is 244 g/mol. The van der Waals surface area contributed by atoms with E-state index in [1.165, 1.54) is 0 Å². The lowest BCUT2D eigenvalue weighted by Gasteiger charge is -2.28. The number of amides is 1. The summed E-state index contributed by atoms with van der Waals surface area (Å²) in [6.45, 7) is 3.83. The van der Waals surface area contributed by atoms with Crippen LogP contribution in [0.3, 0.4) is 0 Å². The minimum atomic E-state index is -0.483. The van der Waals surface area contributed by atoms with Gasteiger partial charge in [-0.3, -0.25) is 4.79 Å². The number of hydrogen-bond acceptors (Lipinski definition) is 4. The topological polar surface area (TPSA) is 73.6 Å². The van der Waals surface area contributed by atoms with Gasteiger partial charge in [0.2, 0.25) is 5.91 Å². The van der Waals surface area contributed by atoms with Crippen molar-refractivity contribution in [2.24, 2.45) is 5.73 Å². The number of hydrogen-bond donors (Lipinski definition) is 2. The van der Waals surface area contributed by atoms with Crippen LogP contribution in [0.5, 0.6) is 5.75 Å². The number of rotatable bonds is 7.